The second-order valence-corrected chi connectivity index (χ2v) is 3.79. The number of carbonyl (C=O) groups excluding carboxylic acids is 1. The van der Waals surface area contributed by atoms with E-state index in [-0.39, 0.29) is 18.4 Å². The Morgan fingerprint density at radius 1 is 1.53 bits per heavy atom. The molecule has 1 N–H and O–H groups in total. The van der Waals surface area contributed by atoms with Crippen LogP contribution in [0, 0.1) is 17.2 Å². The minimum Gasteiger partial charge on any atom is -0.376 e. The Labute approximate surface area is 89.3 Å². The van der Waals surface area contributed by atoms with Crippen molar-refractivity contribution in [3.05, 3.63) is 0 Å². The predicted molar refractivity (Wildman–Crippen MR) is 52.9 cm³/mol. The van der Waals surface area contributed by atoms with E-state index in [1.807, 2.05) is 19.9 Å². The van der Waals surface area contributed by atoms with Crippen molar-refractivity contribution in [2.45, 2.75) is 26.0 Å². The van der Waals surface area contributed by atoms with Crippen molar-refractivity contribution in [3.8, 4) is 6.07 Å². The molecule has 84 valence electrons. The van der Waals surface area contributed by atoms with Gasteiger partial charge in [-0.3, -0.25) is 4.79 Å². The second-order valence-electron chi connectivity index (χ2n) is 3.79. The molecule has 1 heterocycles. The number of ether oxygens (including phenoxy) is 2. The van der Waals surface area contributed by atoms with Crippen LogP contribution in [0.1, 0.15) is 13.8 Å². The maximum absolute atomic E-state index is 11.6. The van der Waals surface area contributed by atoms with E-state index < -0.39 is 12.1 Å². The maximum atomic E-state index is 11.6. The highest BCUT2D eigenvalue weighted by Crippen LogP contribution is 2.04. The number of nitrogens with one attached hydrogen (secondary N) is 1. The molecule has 1 rings (SSSR count). The van der Waals surface area contributed by atoms with Gasteiger partial charge in [-0.05, 0) is 5.92 Å². The van der Waals surface area contributed by atoms with Gasteiger partial charge in [0.1, 0.15) is 6.04 Å². The Bertz CT molecular complexity index is 254. The van der Waals surface area contributed by atoms with E-state index >= 15 is 0 Å². The van der Waals surface area contributed by atoms with Gasteiger partial charge in [0.15, 0.2) is 6.10 Å². The number of hydrogen-bond donors (Lipinski definition) is 1. The number of hydrogen-bond acceptors (Lipinski definition) is 4. The highest BCUT2D eigenvalue weighted by molar-refractivity contribution is 5.81. The smallest absolute Gasteiger partial charge is 0.252 e. The maximum Gasteiger partial charge on any atom is 0.252 e. The first-order valence-electron chi connectivity index (χ1n) is 5.04. The summed E-state index contributed by atoms with van der Waals surface area (Å²) in [6, 6.07) is 1.57. The van der Waals surface area contributed by atoms with E-state index in [0.29, 0.717) is 13.2 Å². The summed E-state index contributed by atoms with van der Waals surface area (Å²) in [4.78, 5) is 11.6. The van der Waals surface area contributed by atoms with E-state index in [1.165, 1.54) is 0 Å². The number of nitriles is 1. The molecule has 0 aromatic heterocycles. The van der Waals surface area contributed by atoms with Crippen LogP contribution in [0.2, 0.25) is 0 Å². The first-order valence-corrected chi connectivity index (χ1v) is 5.04. The summed E-state index contributed by atoms with van der Waals surface area (Å²) >= 11 is 0. The van der Waals surface area contributed by atoms with Gasteiger partial charge in [-0.15, -0.1) is 0 Å². The Hall–Kier alpha value is -1.12. The predicted octanol–water partition coefficient (Wildman–Crippen LogP) is 0.0662. The van der Waals surface area contributed by atoms with Crippen LogP contribution in [-0.4, -0.2) is 37.9 Å². The SMILES string of the molecule is CC(C)C(C#N)NC(=O)C1COCCO1. The van der Waals surface area contributed by atoms with E-state index in [4.69, 9.17) is 14.7 Å². The standard InChI is InChI=1S/C10H16N2O3/c1-7(2)8(5-11)12-10(13)9-6-14-3-4-15-9/h7-9H,3-4,6H2,1-2H3,(H,12,13). The monoisotopic (exact) mass is 212 g/mol. The van der Waals surface area contributed by atoms with Crippen molar-refractivity contribution < 1.29 is 14.3 Å². The third-order valence-electron chi connectivity index (χ3n) is 2.21. The summed E-state index contributed by atoms with van der Waals surface area (Å²) in [7, 11) is 0. The molecule has 2 unspecified atom stereocenters. The van der Waals surface area contributed by atoms with Crippen LogP contribution in [0.25, 0.3) is 0 Å². The van der Waals surface area contributed by atoms with E-state index in [1.54, 1.807) is 0 Å². The molecule has 1 saturated heterocycles. The largest absolute Gasteiger partial charge is 0.376 e. The molecule has 0 aliphatic carbocycles. The fourth-order valence-electron chi connectivity index (χ4n) is 1.23. The zero-order valence-corrected chi connectivity index (χ0v) is 9.03. The summed E-state index contributed by atoms with van der Waals surface area (Å²) in [6.07, 6.45) is -0.576. The average Bonchev–Trinajstić information content (AvgIpc) is 2.26. The summed E-state index contributed by atoms with van der Waals surface area (Å²) in [5.74, 6) is -0.182. The molecule has 1 aliphatic rings. The van der Waals surface area contributed by atoms with Crippen molar-refractivity contribution in [2.75, 3.05) is 19.8 Å². The third kappa shape index (κ3) is 3.50. The van der Waals surface area contributed by atoms with Crippen molar-refractivity contribution >= 4 is 5.91 Å². The fraction of sp³-hybridized carbons (Fsp3) is 0.800. The molecule has 1 aliphatic heterocycles. The van der Waals surface area contributed by atoms with Crippen LogP contribution in [-0.2, 0) is 14.3 Å². The lowest BCUT2D eigenvalue weighted by Gasteiger charge is -2.24. The molecule has 1 fully saturated rings. The number of carbonyl (C=O) groups is 1. The first-order chi connectivity index (χ1) is 7.15. The normalized spacial score (nSPS) is 23.2. The molecule has 5 heteroatoms. The lowest BCUT2D eigenvalue weighted by molar-refractivity contribution is -0.148. The molecule has 2 atom stereocenters. The lowest BCUT2D eigenvalue weighted by atomic mass is 10.1. The van der Waals surface area contributed by atoms with E-state index in [9.17, 15) is 4.79 Å². The summed E-state index contributed by atoms with van der Waals surface area (Å²) < 4.78 is 10.3. The van der Waals surface area contributed by atoms with Gasteiger partial charge >= 0.3 is 0 Å². The number of amides is 1. The molecule has 5 nitrogen and oxygen atoms in total. The van der Waals surface area contributed by atoms with Gasteiger partial charge in [-0.1, -0.05) is 13.8 Å². The minimum absolute atomic E-state index is 0.0865. The van der Waals surface area contributed by atoms with Crippen LogP contribution in [0.4, 0.5) is 0 Å². The third-order valence-corrected chi connectivity index (χ3v) is 2.21. The summed E-state index contributed by atoms with van der Waals surface area (Å²) in [5, 5.41) is 11.4. The fourth-order valence-corrected chi connectivity index (χ4v) is 1.23. The average molecular weight is 212 g/mol. The molecular weight excluding hydrogens is 196 g/mol. The molecule has 0 spiro atoms. The van der Waals surface area contributed by atoms with Gasteiger partial charge in [-0.2, -0.15) is 5.26 Å². The summed E-state index contributed by atoms with van der Waals surface area (Å²) in [5.41, 5.74) is 0. The van der Waals surface area contributed by atoms with E-state index in [0.717, 1.165) is 0 Å². The van der Waals surface area contributed by atoms with Crippen LogP contribution in [0.3, 0.4) is 0 Å². The Balaban J connectivity index is 2.43. The zero-order valence-electron chi connectivity index (χ0n) is 9.03. The van der Waals surface area contributed by atoms with Crippen molar-refractivity contribution in [1.29, 1.82) is 5.26 Å². The molecule has 1 amide bonds. The molecule has 0 bridgehead atoms. The molecule has 0 radical (unpaired) electrons. The van der Waals surface area contributed by atoms with Gasteiger partial charge in [0.25, 0.3) is 5.91 Å². The van der Waals surface area contributed by atoms with Crippen molar-refractivity contribution in [3.63, 3.8) is 0 Å². The molecule has 0 aromatic carbocycles. The van der Waals surface area contributed by atoms with Crippen LogP contribution >= 0.6 is 0 Å². The Kier molecular flexibility index (Phi) is 4.53. The van der Waals surface area contributed by atoms with Crippen molar-refractivity contribution in [2.24, 2.45) is 5.92 Å². The van der Waals surface area contributed by atoms with Crippen LogP contribution in [0.15, 0.2) is 0 Å². The van der Waals surface area contributed by atoms with E-state index in [2.05, 4.69) is 5.32 Å². The molecule has 0 saturated carbocycles. The molecular formula is C10H16N2O3. The number of rotatable bonds is 3. The topological polar surface area (TPSA) is 71.4 Å². The summed E-state index contributed by atoms with van der Waals surface area (Å²) in [6.45, 7) is 4.98. The zero-order chi connectivity index (χ0) is 11.3. The molecule has 15 heavy (non-hydrogen) atoms. The van der Waals surface area contributed by atoms with Gasteiger partial charge < -0.3 is 14.8 Å². The van der Waals surface area contributed by atoms with Crippen LogP contribution < -0.4 is 5.32 Å². The minimum atomic E-state index is -0.576. The Morgan fingerprint density at radius 2 is 2.27 bits per heavy atom. The highest BCUT2D eigenvalue weighted by Gasteiger charge is 2.25. The van der Waals surface area contributed by atoms with Crippen molar-refractivity contribution in [1.82, 2.24) is 5.32 Å². The molecule has 0 aromatic rings. The Morgan fingerprint density at radius 3 is 2.73 bits per heavy atom. The van der Waals surface area contributed by atoms with Gasteiger partial charge in [0.05, 0.1) is 25.9 Å². The van der Waals surface area contributed by atoms with Crippen LogP contribution in [0.5, 0.6) is 0 Å². The van der Waals surface area contributed by atoms with Gasteiger partial charge in [-0.25, -0.2) is 0 Å². The number of nitrogens with zero attached hydrogens (tertiary/aromatic N) is 1. The van der Waals surface area contributed by atoms with Gasteiger partial charge in [0.2, 0.25) is 0 Å². The first kappa shape index (κ1) is 12.0. The lowest BCUT2D eigenvalue weighted by Crippen LogP contribution is -2.47. The quantitative estimate of drug-likeness (QED) is 0.718. The van der Waals surface area contributed by atoms with Gasteiger partial charge in [0, 0.05) is 0 Å². The second kappa shape index (κ2) is 5.69. The highest BCUT2D eigenvalue weighted by atomic mass is 16.6.